The molecule has 0 bridgehead atoms. The van der Waals surface area contributed by atoms with E-state index in [4.69, 9.17) is 0 Å². The van der Waals surface area contributed by atoms with E-state index >= 15 is 4.39 Å². The van der Waals surface area contributed by atoms with Gasteiger partial charge in [0, 0.05) is 63.9 Å². The third-order valence-electron chi connectivity index (χ3n) is 7.41. The minimum atomic E-state index is -0.308. The number of halogens is 1. The Hall–Kier alpha value is -3.36. The standard InChI is InChI=1S/C29H33FN4O3/c1-32-18-28(31-19-32)29(37)34(23-6-8-24(35)9-7-23)15-21-5-10-27(30)26(14-21)22-4-2-3-20(13-22)11-12-33-16-25(36)17-33/h2-5,10,13-14,18-19,23,25,36H,6-9,11-12,15-17H2,1H3. The number of rotatable bonds is 8. The number of β-amino-alcohol motifs (C(OH)–C–C–N with tert-alkyl or cyclic N) is 1. The number of nitrogens with zero attached hydrogens (tertiary/aromatic N) is 4. The fourth-order valence-electron chi connectivity index (χ4n) is 5.27. The maximum Gasteiger partial charge on any atom is 0.274 e. The van der Waals surface area contributed by atoms with Crippen molar-refractivity contribution in [2.24, 2.45) is 7.05 Å². The highest BCUT2D eigenvalue weighted by molar-refractivity contribution is 5.92. The van der Waals surface area contributed by atoms with Crippen molar-refractivity contribution in [3.05, 3.63) is 77.6 Å². The van der Waals surface area contributed by atoms with Crippen LogP contribution in [0.1, 0.15) is 47.3 Å². The third-order valence-corrected chi connectivity index (χ3v) is 7.41. The van der Waals surface area contributed by atoms with Crippen molar-refractivity contribution in [2.45, 2.75) is 50.8 Å². The molecule has 2 aromatic carbocycles. The van der Waals surface area contributed by atoms with E-state index < -0.39 is 0 Å². The summed E-state index contributed by atoms with van der Waals surface area (Å²) >= 11 is 0. The lowest BCUT2D eigenvalue weighted by molar-refractivity contribution is -0.121. The van der Waals surface area contributed by atoms with Crippen LogP contribution in [0.5, 0.6) is 0 Å². The molecular weight excluding hydrogens is 471 g/mol. The smallest absolute Gasteiger partial charge is 0.274 e. The number of likely N-dealkylation sites (tertiary alicyclic amines) is 1. The number of hydrogen-bond acceptors (Lipinski definition) is 5. The highest BCUT2D eigenvalue weighted by Crippen LogP contribution is 2.28. The molecule has 1 N–H and O–H groups in total. The molecule has 1 aliphatic carbocycles. The first kappa shape index (κ1) is 25.3. The topological polar surface area (TPSA) is 78.7 Å². The van der Waals surface area contributed by atoms with Crippen LogP contribution in [-0.4, -0.2) is 67.9 Å². The zero-order valence-corrected chi connectivity index (χ0v) is 21.1. The van der Waals surface area contributed by atoms with Crippen LogP contribution in [0.15, 0.2) is 55.0 Å². The van der Waals surface area contributed by atoms with E-state index in [-0.39, 0.29) is 29.7 Å². The van der Waals surface area contributed by atoms with Crippen molar-refractivity contribution >= 4 is 11.7 Å². The molecule has 0 radical (unpaired) electrons. The summed E-state index contributed by atoms with van der Waals surface area (Å²) in [4.78, 5) is 33.5. The van der Waals surface area contributed by atoms with Crippen molar-refractivity contribution in [2.75, 3.05) is 19.6 Å². The summed E-state index contributed by atoms with van der Waals surface area (Å²) in [5.41, 5.74) is 3.61. The number of carbonyl (C=O) groups excluding carboxylic acids is 2. The molecule has 0 atom stereocenters. The first-order valence-electron chi connectivity index (χ1n) is 12.9. The highest BCUT2D eigenvalue weighted by Gasteiger charge is 2.30. The van der Waals surface area contributed by atoms with Gasteiger partial charge in [0.1, 0.15) is 17.3 Å². The van der Waals surface area contributed by atoms with Crippen molar-refractivity contribution < 1.29 is 19.1 Å². The zero-order valence-electron chi connectivity index (χ0n) is 21.1. The number of aromatic nitrogens is 2. The summed E-state index contributed by atoms with van der Waals surface area (Å²) in [6.07, 6.45) is 6.09. The van der Waals surface area contributed by atoms with Crippen molar-refractivity contribution in [1.29, 1.82) is 0 Å². The van der Waals surface area contributed by atoms with E-state index in [0.717, 1.165) is 29.7 Å². The van der Waals surface area contributed by atoms with Gasteiger partial charge in [-0.15, -0.1) is 0 Å². The molecule has 5 rings (SSSR count). The Labute approximate surface area is 216 Å². The Balaban J connectivity index is 1.37. The average molecular weight is 505 g/mol. The average Bonchev–Trinajstić information content (AvgIpc) is 3.32. The van der Waals surface area contributed by atoms with Gasteiger partial charge in [0.2, 0.25) is 0 Å². The van der Waals surface area contributed by atoms with Gasteiger partial charge in [0.15, 0.2) is 0 Å². The van der Waals surface area contributed by atoms with Crippen LogP contribution in [0.25, 0.3) is 11.1 Å². The van der Waals surface area contributed by atoms with Gasteiger partial charge in [0.25, 0.3) is 5.91 Å². The molecule has 1 amide bonds. The molecule has 37 heavy (non-hydrogen) atoms. The van der Waals surface area contributed by atoms with E-state index in [1.807, 2.05) is 37.4 Å². The number of imidazole rings is 1. The van der Waals surface area contributed by atoms with Gasteiger partial charge >= 0.3 is 0 Å². The molecule has 0 unspecified atom stereocenters. The third kappa shape index (κ3) is 5.97. The second-order valence-electron chi connectivity index (χ2n) is 10.3. The zero-order chi connectivity index (χ0) is 25.9. The molecule has 1 saturated heterocycles. The van der Waals surface area contributed by atoms with Crippen LogP contribution in [-0.2, 0) is 24.8 Å². The maximum absolute atomic E-state index is 15.0. The van der Waals surface area contributed by atoms with E-state index in [9.17, 15) is 14.7 Å². The summed E-state index contributed by atoms with van der Waals surface area (Å²) in [5, 5.41) is 9.49. The number of aliphatic hydroxyl groups excluding tert-OH is 1. The van der Waals surface area contributed by atoms with Gasteiger partial charge in [-0.3, -0.25) is 14.5 Å². The molecule has 2 fully saturated rings. The lowest BCUT2D eigenvalue weighted by Gasteiger charge is -2.35. The number of Topliss-reactive ketones (excluding diaryl/α,β-unsaturated/α-hetero) is 1. The van der Waals surface area contributed by atoms with Crippen molar-refractivity contribution in [3.8, 4) is 11.1 Å². The van der Waals surface area contributed by atoms with Crippen LogP contribution < -0.4 is 0 Å². The Bertz CT molecular complexity index is 1270. The van der Waals surface area contributed by atoms with E-state index in [1.54, 1.807) is 28.1 Å². The molecule has 7 nitrogen and oxygen atoms in total. The SMILES string of the molecule is Cn1cnc(C(=O)N(Cc2ccc(F)c(-c3cccc(CCN4CC(O)C4)c3)c2)C2CCC(=O)CC2)c1. The Morgan fingerprint density at radius 2 is 1.92 bits per heavy atom. The van der Waals surface area contributed by atoms with Crippen LogP contribution in [0, 0.1) is 5.82 Å². The molecule has 2 aliphatic rings. The van der Waals surface area contributed by atoms with Crippen molar-refractivity contribution in [1.82, 2.24) is 19.4 Å². The van der Waals surface area contributed by atoms with Gasteiger partial charge in [-0.25, -0.2) is 9.37 Å². The second kappa shape index (κ2) is 10.9. The van der Waals surface area contributed by atoms with E-state index in [0.29, 0.717) is 56.6 Å². The molecule has 3 aromatic rings. The largest absolute Gasteiger partial charge is 0.390 e. The summed E-state index contributed by atoms with van der Waals surface area (Å²) in [6, 6.07) is 12.9. The quantitative estimate of drug-likeness (QED) is 0.507. The first-order valence-corrected chi connectivity index (χ1v) is 12.9. The molecule has 1 aliphatic heterocycles. The molecule has 1 saturated carbocycles. The maximum atomic E-state index is 15.0. The number of amides is 1. The molecular formula is C29H33FN4O3. The fraction of sp³-hybridized carbons (Fsp3) is 0.414. The number of hydrogen-bond donors (Lipinski definition) is 1. The minimum Gasteiger partial charge on any atom is -0.390 e. The molecule has 0 spiro atoms. The van der Waals surface area contributed by atoms with Gasteiger partial charge in [0.05, 0.1) is 12.4 Å². The van der Waals surface area contributed by atoms with Crippen LogP contribution in [0.2, 0.25) is 0 Å². The summed E-state index contributed by atoms with van der Waals surface area (Å²) in [5.74, 6) is -0.253. The highest BCUT2D eigenvalue weighted by atomic mass is 19.1. The number of carbonyl (C=O) groups is 2. The number of ketones is 1. The minimum absolute atomic E-state index is 0.0657. The number of benzene rings is 2. The second-order valence-corrected chi connectivity index (χ2v) is 10.3. The summed E-state index contributed by atoms with van der Waals surface area (Å²) in [6.45, 7) is 2.59. The normalized spacial score (nSPS) is 17.1. The predicted octanol–water partition coefficient (Wildman–Crippen LogP) is 3.60. The molecule has 8 heteroatoms. The fourth-order valence-corrected chi connectivity index (χ4v) is 5.27. The van der Waals surface area contributed by atoms with Gasteiger partial charge in [-0.1, -0.05) is 30.3 Å². The van der Waals surface area contributed by atoms with Gasteiger partial charge in [-0.2, -0.15) is 0 Å². The summed E-state index contributed by atoms with van der Waals surface area (Å²) in [7, 11) is 1.82. The van der Waals surface area contributed by atoms with E-state index in [1.165, 1.54) is 6.07 Å². The van der Waals surface area contributed by atoms with Crippen LogP contribution in [0.3, 0.4) is 0 Å². The molecule has 2 heterocycles. The lowest BCUT2D eigenvalue weighted by atomic mass is 9.92. The monoisotopic (exact) mass is 504 g/mol. The van der Waals surface area contributed by atoms with Crippen LogP contribution >= 0.6 is 0 Å². The number of aliphatic hydroxyl groups is 1. The van der Waals surface area contributed by atoms with Gasteiger partial charge < -0.3 is 14.6 Å². The molecule has 1 aromatic heterocycles. The Morgan fingerprint density at radius 1 is 1.14 bits per heavy atom. The first-order chi connectivity index (χ1) is 17.9. The summed E-state index contributed by atoms with van der Waals surface area (Å²) < 4.78 is 16.7. The Kier molecular flexibility index (Phi) is 7.48. The van der Waals surface area contributed by atoms with Crippen LogP contribution in [0.4, 0.5) is 4.39 Å². The molecule has 194 valence electrons. The van der Waals surface area contributed by atoms with Gasteiger partial charge in [-0.05, 0) is 48.1 Å². The Morgan fingerprint density at radius 3 is 2.62 bits per heavy atom. The lowest BCUT2D eigenvalue weighted by Crippen LogP contribution is -2.51. The van der Waals surface area contributed by atoms with E-state index in [2.05, 4.69) is 9.88 Å². The number of aryl methyl sites for hydroxylation is 1. The predicted molar refractivity (Wildman–Crippen MR) is 138 cm³/mol. The van der Waals surface area contributed by atoms with Crippen molar-refractivity contribution in [3.63, 3.8) is 0 Å².